The summed E-state index contributed by atoms with van der Waals surface area (Å²) in [5.41, 5.74) is 0.00658. The molecule has 1 aromatic carbocycles. The molecule has 0 spiro atoms. The van der Waals surface area contributed by atoms with E-state index in [0.29, 0.717) is 11.4 Å². The van der Waals surface area contributed by atoms with Crippen molar-refractivity contribution in [3.63, 3.8) is 0 Å². The van der Waals surface area contributed by atoms with Crippen molar-refractivity contribution in [2.45, 2.75) is 32.7 Å². The zero-order valence-electron chi connectivity index (χ0n) is 11.5. The van der Waals surface area contributed by atoms with Gasteiger partial charge in [-0.3, -0.25) is 9.59 Å². The number of alkyl halides is 1. The minimum Gasteiger partial charge on any atom is -0.340 e. The van der Waals surface area contributed by atoms with Crippen molar-refractivity contribution < 1.29 is 9.59 Å². The fraction of sp³-hybridized carbons (Fsp3) is 0.429. The van der Waals surface area contributed by atoms with Crippen LogP contribution in [0.1, 0.15) is 36.2 Å². The van der Waals surface area contributed by atoms with Crippen molar-refractivity contribution in [2.75, 3.05) is 5.88 Å². The van der Waals surface area contributed by atoms with Gasteiger partial charge in [0.15, 0.2) is 5.78 Å². The predicted molar refractivity (Wildman–Crippen MR) is 83.1 cm³/mol. The molecule has 0 fully saturated rings. The predicted octanol–water partition coefficient (Wildman–Crippen LogP) is 4.01. The Labute approximate surface area is 133 Å². The van der Waals surface area contributed by atoms with Crippen molar-refractivity contribution in [2.24, 2.45) is 0 Å². The van der Waals surface area contributed by atoms with E-state index in [2.05, 4.69) is 5.32 Å². The average molecular weight is 337 g/mol. The van der Waals surface area contributed by atoms with Crippen molar-refractivity contribution in [1.29, 1.82) is 0 Å². The fourth-order valence-corrected chi connectivity index (χ4v) is 2.40. The first-order valence-electron chi connectivity index (χ1n) is 6.13. The van der Waals surface area contributed by atoms with Crippen molar-refractivity contribution >= 4 is 46.5 Å². The van der Waals surface area contributed by atoms with E-state index in [9.17, 15) is 9.59 Å². The van der Waals surface area contributed by atoms with Crippen LogP contribution in [0.15, 0.2) is 12.1 Å². The Morgan fingerprint density at radius 3 is 2.35 bits per heavy atom. The molecule has 0 saturated carbocycles. The lowest BCUT2D eigenvalue weighted by atomic mass is 9.93. The van der Waals surface area contributed by atoms with Crippen LogP contribution >= 0.6 is 34.8 Å². The van der Waals surface area contributed by atoms with Gasteiger partial charge in [0.2, 0.25) is 0 Å². The van der Waals surface area contributed by atoms with E-state index < -0.39 is 11.4 Å². The van der Waals surface area contributed by atoms with Gasteiger partial charge in [0.25, 0.3) is 5.91 Å². The second-order valence-electron chi connectivity index (χ2n) is 4.75. The largest absolute Gasteiger partial charge is 0.340 e. The molecule has 0 radical (unpaired) electrons. The molecular weight excluding hydrogens is 321 g/mol. The van der Waals surface area contributed by atoms with E-state index in [1.54, 1.807) is 32.9 Å². The number of hydrogen-bond donors (Lipinski definition) is 1. The van der Waals surface area contributed by atoms with Gasteiger partial charge in [-0.2, -0.15) is 0 Å². The summed E-state index contributed by atoms with van der Waals surface area (Å²) < 4.78 is 0. The maximum absolute atomic E-state index is 12.3. The van der Waals surface area contributed by atoms with E-state index >= 15 is 0 Å². The Kier molecular flexibility index (Phi) is 5.87. The molecule has 1 aromatic rings. The minimum absolute atomic E-state index is 0.160. The smallest absolute Gasteiger partial charge is 0.253 e. The summed E-state index contributed by atoms with van der Waals surface area (Å²) in [4.78, 5) is 24.1. The van der Waals surface area contributed by atoms with Gasteiger partial charge >= 0.3 is 0 Å². The number of halogens is 3. The van der Waals surface area contributed by atoms with Gasteiger partial charge in [0.05, 0.1) is 27.0 Å². The van der Waals surface area contributed by atoms with Crippen LogP contribution in [0.4, 0.5) is 0 Å². The number of carbonyl (C=O) groups excluding carboxylic acids is 2. The average Bonchev–Trinajstić information content (AvgIpc) is 2.43. The Morgan fingerprint density at radius 2 is 1.85 bits per heavy atom. The Balaban J connectivity index is 3.08. The molecule has 110 valence electrons. The first-order valence-corrected chi connectivity index (χ1v) is 7.42. The lowest BCUT2D eigenvalue weighted by molar-refractivity contribution is -0.122. The third kappa shape index (κ3) is 3.46. The topological polar surface area (TPSA) is 46.2 Å². The van der Waals surface area contributed by atoms with Crippen molar-refractivity contribution in [1.82, 2.24) is 5.32 Å². The summed E-state index contributed by atoms with van der Waals surface area (Å²) in [7, 11) is 0. The maximum Gasteiger partial charge on any atom is 0.253 e. The first-order chi connectivity index (χ1) is 9.26. The molecule has 1 rings (SSSR count). The van der Waals surface area contributed by atoms with Gasteiger partial charge in [0.1, 0.15) is 0 Å². The highest BCUT2D eigenvalue weighted by Crippen LogP contribution is 2.29. The van der Waals surface area contributed by atoms with Crippen LogP contribution < -0.4 is 5.32 Å². The molecule has 3 nitrogen and oxygen atoms in total. The van der Waals surface area contributed by atoms with Gasteiger partial charge in [0, 0.05) is 0 Å². The van der Waals surface area contributed by atoms with Gasteiger partial charge in [-0.05, 0) is 31.9 Å². The number of rotatable bonds is 5. The molecule has 0 aliphatic heterocycles. The Bertz CT molecular complexity index is 545. The molecule has 1 N–H and O–H groups in total. The van der Waals surface area contributed by atoms with Gasteiger partial charge in [-0.1, -0.05) is 36.2 Å². The van der Waals surface area contributed by atoms with Crippen LogP contribution in [0.2, 0.25) is 10.0 Å². The Hall–Kier alpha value is -0.770. The van der Waals surface area contributed by atoms with E-state index in [-0.39, 0.29) is 22.2 Å². The molecule has 0 heterocycles. The summed E-state index contributed by atoms with van der Waals surface area (Å²) >= 11 is 17.7. The van der Waals surface area contributed by atoms with E-state index in [4.69, 9.17) is 34.8 Å². The van der Waals surface area contributed by atoms with Gasteiger partial charge in [-0.15, -0.1) is 11.6 Å². The van der Waals surface area contributed by atoms with E-state index in [1.807, 2.05) is 0 Å². The lowest BCUT2D eigenvalue weighted by Gasteiger charge is -2.27. The number of carbonyl (C=O) groups is 2. The summed E-state index contributed by atoms with van der Waals surface area (Å²) in [5.74, 6) is -0.850. The summed E-state index contributed by atoms with van der Waals surface area (Å²) in [6.45, 7) is 5.23. The maximum atomic E-state index is 12.3. The van der Waals surface area contributed by atoms with E-state index in [0.717, 1.165) is 5.56 Å². The second-order valence-corrected chi connectivity index (χ2v) is 5.78. The number of Topliss-reactive ketones (excluding diaryl/α,β-unsaturated/α-hetero) is 1. The quantitative estimate of drug-likeness (QED) is 0.826. The molecule has 0 saturated heterocycles. The molecule has 0 aliphatic carbocycles. The lowest BCUT2D eigenvalue weighted by Crippen LogP contribution is -2.52. The normalized spacial score (nSPS) is 13.7. The Morgan fingerprint density at radius 1 is 1.25 bits per heavy atom. The zero-order valence-corrected chi connectivity index (χ0v) is 13.8. The number of benzene rings is 1. The molecule has 0 bridgehead atoms. The van der Waals surface area contributed by atoms with Crippen LogP contribution in [0.25, 0.3) is 0 Å². The molecule has 20 heavy (non-hydrogen) atoms. The SMILES string of the molecule is CCC(C)(NC(=O)c1ccc(C)c(Cl)c1Cl)C(=O)CCl. The molecular formula is C14H16Cl3NO2. The van der Waals surface area contributed by atoms with Crippen LogP contribution in [0.5, 0.6) is 0 Å². The number of aryl methyl sites for hydroxylation is 1. The molecule has 0 aliphatic rings. The zero-order chi connectivity index (χ0) is 15.5. The fourth-order valence-electron chi connectivity index (χ4n) is 1.64. The highest BCUT2D eigenvalue weighted by Gasteiger charge is 2.32. The van der Waals surface area contributed by atoms with Gasteiger partial charge < -0.3 is 5.32 Å². The van der Waals surface area contributed by atoms with Crippen LogP contribution in [0.3, 0.4) is 0 Å². The first kappa shape index (κ1) is 17.3. The van der Waals surface area contributed by atoms with Crippen molar-refractivity contribution in [3.8, 4) is 0 Å². The standard InChI is InChI=1S/C14H16Cl3NO2/c1-4-14(3,10(19)7-15)18-13(20)9-6-5-8(2)11(16)12(9)17/h5-6H,4,7H2,1-3H3,(H,18,20). The number of ketones is 1. The number of amides is 1. The molecule has 1 unspecified atom stereocenters. The highest BCUT2D eigenvalue weighted by atomic mass is 35.5. The summed E-state index contributed by atoms with van der Waals surface area (Å²) in [5, 5.41) is 3.20. The van der Waals surface area contributed by atoms with Crippen molar-refractivity contribution in [3.05, 3.63) is 33.3 Å². The van der Waals surface area contributed by atoms with Crippen LogP contribution in [0, 0.1) is 6.92 Å². The van der Waals surface area contributed by atoms with Crippen LogP contribution in [-0.2, 0) is 4.79 Å². The number of nitrogens with one attached hydrogen (secondary N) is 1. The molecule has 6 heteroatoms. The third-order valence-electron chi connectivity index (χ3n) is 3.35. The van der Waals surface area contributed by atoms with Crippen LogP contribution in [-0.4, -0.2) is 23.1 Å². The molecule has 1 atom stereocenters. The summed E-state index contributed by atoms with van der Waals surface area (Å²) in [6, 6.07) is 3.29. The van der Waals surface area contributed by atoms with Gasteiger partial charge in [-0.25, -0.2) is 0 Å². The molecule has 1 amide bonds. The monoisotopic (exact) mass is 335 g/mol. The van der Waals surface area contributed by atoms with E-state index in [1.165, 1.54) is 0 Å². The minimum atomic E-state index is -1.01. The molecule has 0 aromatic heterocycles. The third-order valence-corrected chi connectivity index (χ3v) is 4.57. The highest BCUT2D eigenvalue weighted by molar-refractivity contribution is 6.44. The second kappa shape index (κ2) is 6.79. The number of hydrogen-bond acceptors (Lipinski definition) is 2. The summed E-state index contributed by atoms with van der Waals surface area (Å²) in [6.07, 6.45) is 0.432.